The van der Waals surface area contributed by atoms with E-state index in [1.54, 1.807) is 6.92 Å². The van der Waals surface area contributed by atoms with Crippen molar-refractivity contribution in [3.63, 3.8) is 0 Å². The van der Waals surface area contributed by atoms with Crippen molar-refractivity contribution in [1.82, 2.24) is 0 Å². The second kappa shape index (κ2) is 5.90. The average Bonchev–Trinajstić information content (AvgIpc) is 2.32. The standard InChI is InChI=1S/C16H19F3O3/c1-10(6-8-20)5-7-15(22)11(2)13(16(17,18)19)12(21)9-14(15,3)4/h6,20,22H,8-9H2,1-4H3. The van der Waals surface area contributed by atoms with Crippen LogP contribution < -0.4 is 0 Å². The fraction of sp³-hybridized carbons (Fsp3) is 0.562. The lowest BCUT2D eigenvalue weighted by Gasteiger charge is -2.44. The summed E-state index contributed by atoms with van der Waals surface area (Å²) in [6, 6.07) is 0. The van der Waals surface area contributed by atoms with Gasteiger partial charge in [-0.2, -0.15) is 13.2 Å². The Morgan fingerprint density at radius 2 is 1.95 bits per heavy atom. The highest BCUT2D eigenvalue weighted by Crippen LogP contribution is 2.48. The zero-order valence-electron chi connectivity index (χ0n) is 12.9. The van der Waals surface area contributed by atoms with Gasteiger partial charge in [0.15, 0.2) is 11.4 Å². The molecule has 0 heterocycles. The number of hydrogen-bond donors (Lipinski definition) is 2. The molecule has 6 heteroatoms. The smallest absolute Gasteiger partial charge is 0.392 e. The number of halogens is 3. The minimum atomic E-state index is -4.83. The summed E-state index contributed by atoms with van der Waals surface area (Å²) in [4.78, 5) is 11.8. The molecule has 0 saturated heterocycles. The number of carbonyl (C=O) groups excluding carboxylic acids is 1. The van der Waals surface area contributed by atoms with Gasteiger partial charge in [-0.25, -0.2) is 0 Å². The lowest BCUT2D eigenvalue weighted by atomic mass is 9.63. The van der Waals surface area contributed by atoms with Gasteiger partial charge in [-0.1, -0.05) is 25.7 Å². The van der Waals surface area contributed by atoms with Crippen molar-refractivity contribution in [1.29, 1.82) is 0 Å². The zero-order chi connectivity index (χ0) is 17.3. The number of carbonyl (C=O) groups is 1. The Kier molecular flexibility index (Phi) is 4.95. The molecular weight excluding hydrogens is 297 g/mol. The van der Waals surface area contributed by atoms with Gasteiger partial charge in [0.1, 0.15) is 5.57 Å². The first-order valence-electron chi connectivity index (χ1n) is 6.71. The van der Waals surface area contributed by atoms with Gasteiger partial charge in [0.25, 0.3) is 0 Å². The van der Waals surface area contributed by atoms with Crippen molar-refractivity contribution in [2.24, 2.45) is 5.41 Å². The van der Waals surface area contributed by atoms with E-state index in [4.69, 9.17) is 5.11 Å². The highest BCUT2D eigenvalue weighted by atomic mass is 19.4. The molecule has 0 aliphatic heterocycles. The van der Waals surface area contributed by atoms with Crippen molar-refractivity contribution in [3.8, 4) is 11.8 Å². The maximum Gasteiger partial charge on any atom is 0.419 e. The van der Waals surface area contributed by atoms with E-state index >= 15 is 0 Å². The second-order valence-electron chi connectivity index (χ2n) is 6.01. The number of Topliss-reactive ketones (excluding diaryl/α,β-unsaturated/α-hetero) is 1. The van der Waals surface area contributed by atoms with E-state index in [0.717, 1.165) is 6.92 Å². The van der Waals surface area contributed by atoms with Crippen molar-refractivity contribution < 1.29 is 28.2 Å². The second-order valence-corrected chi connectivity index (χ2v) is 6.01. The van der Waals surface area contributed by atoms with Gasteiger partial charge < -0.3 is 10.2 Å². The van der Waals surface area contributed by atoms with Crippen LogP contribution in [0.2, 0.25) is 0 Å². The summed E-state index contributed by atoms with van der Waals surface area (Å²) in [5.41, 5.74) is -4.62. The molecule has 22 heavy (non-hydrogen) atoms. The molecule has 0 aromatic rings. The van der Waals surface area contributed by atoms with Crippen molar-refractivity contribution in [3.05, 3.63) is 22.8 Å². The maximum atomic E-state index is 13.1. The molecule has 0 bridgehead atoms. The summed E-state index contributed by atoms with van der Waals surface area (Å²) in [6.45, 7) is 5.39. The van der Waals surface area contributed by atoms with E-state index in [1.165, 1.54) is 19.9 Å². The molecule has 0 aromatic heterocycles. The molecule has 0 aromatic carbocycles. The van der Waals surface area contributed by atoms with Gasteiger partial charge >= 0.3 is 6.18 Å². The Morgan fingerprint density at radius 1 is 1.41 bits per heavy atom. The van der Waals surface area contributed by atoms with E-state index in [0.29, 0.717) is 5.57 Å². The van der Waals surface area contributed by atoms with Gasteiger partial charge in [-0.05, 0) is 31.1 Å². The van der Waals surface area contributed by atoms with E-state index in [-0.39, 0.29) is 6.61 Å². The molecule has 0 spiro atoms. The third-order valence-corrected chi connectivity index (χ3v) is 3.90. The predicted octanol–water partition coefficient (Wildman–Crippen LogP) is 2.54. The summed E-state index contributed by atoms with van der Waals surface area (Å²) < 4.78 is 39.2. The quantitative estimate of drug-likeness (QED) is 0.731. The number of alkyl halides is 3. The van der Waals surface area contributed by atoms with Crippen LogP contribution in [0.1, 0.15) is 34.1 Å². The normalized spacial score (nSPS) is 25.9. The number of aliphatic hydroxyl groups excluding tert-OH is 1. The fourth-order valence-electron chi connectivity index (χ4n) is 2.53. The van der Waals surface area contributed by atoms with Crippen LogP contribution in [0.25, 0.3) is 0 Å². The topological polar surface area (TPSA) is 57.5 Å². The fourth-order valence-corrected chi connectivity index (χ4v) is 2.53. The summed E-state index contributed by atoms with van der Waals surface area (Å²) in [5.74, 6) is 3.98. The Balaban J connectivity index is 3.56. The van der Waals surface area contributed by atoms with E-state index < -0.39 is 40.5 Å². The first-order chi connectivity index (χ1) is 9.87. The molecule has 0 saturated carbocycles. The SMILES string of the molecule is CC(C#CC1(O)C(C)=C(C(F)(F)F)C(=O)CC1(C)C)=CCO. The van der Waals surface area contributed by atoms with Crippen LogP contribution in [-0.2, 0) is 4.79 Å². The van der Waals surface area contributed by atoms with Gasteiger partial charge in [-0.3, -0.25) is 4.79 Å². The maximum absolute atomic E-state index is 13.1. The van der Waals surface area contributed by atoms with Crippen LogP contribution >= 0.6 is 0 Å². The average molecular weight is 316 g/mol. The predicted molar refractivity (Wildman–Crippen MR) is 75.7 cm³/mol. The van der Waals surface area contributed by atoms with Crippen molar-refractivity contribution in [2.75, 3.05) is 6.61 Å². The van der Waals surface area contributed by atoms with Gasteiger partial charge in [0.2, 0.25) is 0 Å². The van der Waals surface area contributed by atoms with Crippen LogP contribution in [-0.4, -0.2) is 34.4 Å². The molecule has 122 valence electrons. The number of hydrogen-bond acceptors (Lipinski definition) is 3. The molecule has 0 fully saturated rings. The van der Waals surface area contributed by atoms with E-state index in [9.17, 15) is 23.1 Å². The molecule has 1 aliphatic carbocycles. The molecule has 3 nitrogen and oxygen atoms in total. The summed E-state index contributed by atoms with van der Waals surface area (Å²) in [6.07, 6.45) is -3.91. The Morgan fingerprint density at radius 3 is 2.41 bits per heavy atom. The highest BCUT2D eigenvalue weighted by Gasteiger charge is 2.55. The molecule has 1 rings (SSSR count). The molecule has 1 atom stereocenters. The van der Waals surface area contributed by atoms with Gasteiger partial charge in [0.05, 0.1) is 6.61 Å². The largest absolute Gasteiger partial charge is 0.419 e. The van der Waals surface area contributed by atoms with E-state index in [2.05, 4.69) is 11.8 Å². The molecule has 0 radical (unpaired) electrons. The summed E-state index contributed by atoms with van der Waals surface area (Å²) in [5, 5.41) is 19.5. The van der Waals surface area contributed by atoms with E-state index in [1.807, 2.05) is 0 Å². The van der Waals surface area contributed by atoms with Crippen LogP contribution in [0.15, 0.2) is 22.8 Å². The highest BCUT2D eigenvalue weighted by molar-refractivity contribution is 5.99. The lowest BCUT2D eigenvalue weighted by molar-refractivity contribution is -0.138. The van der Waals surface area contributed by atoms with Gasteiger partial charge in [0, 0.05) is 11.8 Å². The minimum absolute atomic E-state index is 0.260. The zero-order valence-corrected chi connectivity index (χ0v) is 12.9. The summed E-state index contributed by atoms with van der Waals surface area (Å²) in [7, 11) is 0. The molecule has 0 amide bonds. The Hall–Kier alpha value is -1.58. The number of allylic oxidation sites excluding steroid dienone is 2. The Labute approximate surface area is 127 Å². The third-order valence-electron chi connectivity index (χ3n) is 3.90. The number of rotatable bonds is 1. The van der Waals surface area contributed by atoms with Gasteiger partial charge in [-0.15, -0.1) is 0 Å². The first-order valence-corrected chi connectivity index (χ1v) is 6.71. The van der Waals surface area contributed by atoms with Crippen LogP contribution in [0, 0.1) is 17.3 Å². The monoisotopic (exact) mass is 316 g/mol. The first kappa shape index (κ1) is 18.5. The minimum Gasteiger partial charge on any atom is -0.392 e. The summed E-state index contributed by atoms with van der Waals surface area (Å²) >= 11 is 0. The Bertz CT molecular complexity index is 600. The molecule has 2 N–H and O–H groups in total. The number of aliphatic hydroxyl groups is 2. The molecular formula is C16H19F3O3. The molecule has 1 unspecified atom stereocenters. The van der Waals surface area contributed by atoms with Crippen LogP contribution in [0.5, 0.6) is 0 Å². The van der Waals surface area contributed by atoms with Crippen LogP contribution in [0.4, 0.5) is 13.2 Å². The third kappa shape index (κ3) is 3.26. The van der Waals surface area contributed by atoms with Crippen molar-refractivity contribution >= 4 is 5.78 Å². The lowest BCUT2D eigenvalue weighted by Crippen LogP contribution is -2.51. The van der Waals surface area contributed by atoms with Crippen molar-refractivity contribution in [2.45, 2.75) is 45.9 Å². The number of ketones is 1. The van der Waals surface area contributed by atoms with Crippen LogP contribution in [0.3, 0.4) is 0 Å². The molecule has 1 aliphatic rings.